The fraction of sp³-hybridized carbons (Fsp3) is 0.176. The summed E-state index contributed by atoms with van der Waals surface area (Å²) in [6.07, 6.45) is 0.799. The van der Waals surface area contributed by atoms with E-state index < -0.39 is 6.03 Å². The molecular weight excluding hydrogens is 314 g/mol. The summed E-state index contributed by atoms with van der Waals surface area (Å²) < 4.78 is 0. The van der Waals surface area contributed by atoms with Crippen molar-refractivity contribution >= 4 is 29.2 Å². The standard InChI is InChI=1S/C17H16ClN3O2/c18-12-7-4-8-13(9-12)19-17(23)21-20-16(22)15-10-14(15)11-5-2-1-3-6-11/h1-9,14-15H,10H2,(H,20,22)(H2,19,21,23)/t14-,15+/m0/s1. The van der Waals surface area contributed by atoms with E-state index in [1.54, 1.807) is 24.3 Å². The first-order valence-corrected chi connectivity index (χ1v) is 7.68. The fourth-order valence-corrected chi connectivity index (χ4v) is 2.68. The largest absolute Gasteiger partial charge is 0.337 e. The zero-order valence-electron chi connectivity index (χ0n) is 12.3. The number of halogens is 1. The monoisotopic (exact) mass is 329 g/mol. The van der Waals surface area contributed by atoms with E-state index in [9.17, 15) is 9.59 Å². The molecule has 6 heteroatoms. The molecule has 0 aromatic heterocycles. The van der Waals surface area contributed by atoms with Gasteiger partial charge in [-0.15, -0.1) is 0 Å². The predicted molar refractivity (Wildman–Crippen MR) is 89.0 cm³/mol. The molecule has 1 saturated carbocycles. The zero-order valence-corrected chi connectivity index (χ0v) is 13.0. The molecule has 1 aliphatic rings. The Kier molecular flexibility index (Phi) is 4.48. The Labute approximate surface area is 139 Å². The third-order valence-corrected chi connectivity index (χ3v) is 3.97. The molecule has 2 aromatic carbocycles. The fourth-order valence-electron chi connectivity index (χ4n) is 2.49. The smallest absolute Gasteiger partial charge is 0.307 e. The Balaban J connectivity index is 1.46. The van der Waals surface area contributed by atoms with Crippen molar-refractivity contribution in [2.75, 3.05) is 5.32 Å². The summed E-state index contributed by atoms with van der Waals surface area (Å²) in [6.45, 7) is 0. The second kappa shape index (κ2) is 6.71. The minimum Gasteiger partial charge on any atom is -0.307 e. The van der Waals surface area contributed by atoms with Gasteiger partial charge in [-0.2, -0.15) is 0 Å². The normalized spacial score (nSPS) is 18.8. The van der Waals surface area contributed by atoms with Gasteiger partial charge >= 0.3 is 6.03 Å². The Morgan fingerprint density at radius 1 is 1.00 bits per heavy atom. The van der Waals surface area contributed by atoms with Gasteiger partial charge in [0.1, 0.15) is 0 Å². The maximum absolute atomic E-state index is 12.0. The van der Waals surface area contributed by atoms with Crippen LogP contribution in [-0.4, -0.2) is 11.9 Å². The van der Waals surface area contributed by atoms with Gasteiger partial charge in [-0.1, -0.05) is 48.0 Å². The topological polar surface area (TPSA) is 70.2 Å². The second-order valence-electron chi connectivity index (χ2n) is 5.44. The summed E-state index contributed by atoms with van der Waals surface area (Å²) in [4.78, 5) is 23.8. The first kappa shape index (κ1) is 15.4. The lowest BCUT2D eigenvalue weighted by atomic mass is 10.1. The van der Waals surface area contributed by atoms with E-state index in [2.05, 4.69) is 16.2 Å². The van der Waals surface area contributed by atoms with Gasteiger partial charge in [0.15, 0.2) is 0 Å². The van der Waals surface area contributed by atoms with Crippen molar-refractivity contribution < 1.29 is 9.59 Å². The molecule has 2 aromatic rings. The van der Waals surface area contributed by atoms with Gasteiger partial charge in [0.05, 0.1) is 0 Å². The molecule has 3 amide bonds. The highest BCUT2D eigenvalue weighted by atomic mass is 35.5. The first-order valence-electron chi connectivity index (χ1n) is 7.31. The Morgan fingerprint density at radius 2 is 1.78 bits per heavy atom. The molecule has 3 N–H and O–H groups in total. The maximum atomic E-state index is 12.0. The van der Waals surface area contributed by atoms with E-state index >= 15 is 0 Å². The van der Waals surface area contributed by atoms with Gasteiger partial charge < -0.3 is 5.32 Å². The van der Waals surface area contributed by atoms with E-state index in [4.69, 9.17) is 11.6 Å². The summed E-state index contributed by atoms with van der Waals surface area (Å²) in [6, 6.07) is 16.1. The molecule has 5 nitrogen and oxygen atoms in total. The number of hydrogen-bond donors (Lipinski definition) is 3. The number of carbonyl (C=O) groups is 2. The van der Waals surface area contributed by atoms with E-state index in [0.29, 0.717) is 10.7 Å². The molecule has 0 radical (unpaired) electrons. The van der Waals surface area contributed by atoms with E-state index in [0.717, 1.165) is 12.0 Å². The lowest BCUT2D eigenvalue weighted by Crippen LogP contribution is -2.44. The Bertz CT molecular complexity index is 721. The number of carbonyl (C=O) groups excluding carboxylic acids is 2. The molecule has 0 saturated heterocycles. The quantitative estimate of drug-likeness (QED) is 0.756. The number of amides is 3. The third-order valence-electron chi connectivity index (χ3n) is 3.74. The molecule has 1 aliphatic carbocycles. The van der Waals surface area contributed by atoms with Crippen LogP contribution in [0.1, 0.15) is 17.9 Å². The van der Waals surface area contributed by atoms with Crippen molar-refractivity contribution in [1.29, 1.82) is 0 Å². The van der Waals surface area contributed by atoms with E-state index in [1.165, 1.54) is 0 Å². The van der Waals surface area contributed by atoms with Crippen LogP contribution in [0.15, 0.2) is 54.6 Å². The summed E-state index contributed by atoms with van der Waals surface area (Å²) >= 11 is 5.84. The molecular formula is C17H16ClN3O2. The predicted octanol–water partition coefficient (Wildman–Crippen LogP) is 3.30. The molecule has 23 heavy (non-hydrogen) atoms. The molecule has 0 aliphatic heterocycles. The summed E-state index contributed by atoms with van der Waals surface area (Å²) in [5.41, 5.74) is 6.50. The number of nitrogens with one attached hydrogen (secondary N) is 3. The van der Waals surface area contributed by atoms with Gasteiger partial charge in [0.25, 0.3) is 0 Å². The van der Waals surface area contributed by atoms with Crippen LogP contribution in [0.4, 0.5) is 10.5 Å². The maximum Gasteiger partial charge on any atom is 0.337 e. The zero-order chi connectivity index (χ0) is 16.2. The highest BCUT2D eigenvalue weighted by Gasteiger charge is 2.43. The van der Waals surface area contributed by atoms with Crippen molar-refractivity contribution in [3.63, 3.8) is 0 Å². The van der Waals surface area contributed by atoms with Crippen LogP contribution in [0.3, 0.4) is 0 Å². The lowest BCUT2D eigenvalue weighted by molar-refractivity contribution is -0.123. The van der Waals surface area contributed by atoms with Crippen LogP contribution in [0.5, 0.6) is 0 Å². The number of rotatable bonds is 3. The van der Waals surface area contributed by atoms with Gasteiger partial charge in [-0.25, -0.2) is 10.2 Å². The van der Waals surface area contributed by atoms with Gasteiger partial charge in [-0.05, 0) is 36.1 Å². The van der Waals surface area contributed by atoms with Crippen LogP contribution in [0.25, 0.3) is 0 Å². The van der Waals surface area contributed by atoms with Crippen molar-refractivity contribution in [3.05, 3.63) is 65.2 Å². The van der Waals surface area contributed by atoms with Crippen LogP contribution in [0.2, 0.25) is 5.02 Å². The van der Waals surface area contributed by atoms with Crippen molar-refractivity contribution in [1.82, 2.24) is 10.9 Å². The number of hydrazine groups is 1. The summed E-state index contributed by atoms with van der Waals surface area (Å²) in [5.74, 6) is -0.0436. The second-order valence-corrected chi connectivity index (χ2v) is 5.87. The minimum absolute atomic E-state index is 0.0936. The molecule has 2 atom stereocenters. The molecule has 3 rings (SSSR count). The molecule has 118 valence electrons. The number of benzene rings is 2. The van der Waals surface area contributed by atoms with Crippen LogP contribution >= 0.6 is 11.6 Å². The highest BCUT2D eigenvalue weighted by molar-refractivity contribution is 6.30. The summed E-state index contributed by atoms with van der Waals surface area (Å²) in [5, 5.41) is 3.11. The van der Waals surface area contributed by atoms with Gasteiger partial charge in [0.2, 0.25) is 5.91 Å². The Hall–Kier alpha value is -2.53. The first-order chi connectivity index (χ1) is 11.1. The summed E-state index contributed by atoms with van der Waals surface area (Å²) in [7, 11) is 0. The molecule has 0 bridgehead atoms. The highest BCUT2D eigenvalue weighted by Crippen LogP contribution is 2.47. The van der Waals surface area contributed by atoms with E-state index in [1.807, 2.05) is 30.3 Å². The van der Waals surface area contributed by atoms with Crippen molar-refractivity contribution in [2.45, 2.75) is 12.3 Å². The third kappa shape index (κ3) is 4.02. The van der Waals surface area contributed by atoms with Crippen LogP contribution in [0, 0.1) is 5.92 Å². The van der Waals surface area contributed by atoms with E-state index in [-0.39, 0.29) is 17.7 Å². The van der Waals surface area contributed by atoms with Crippen molar-refractivity contribution in [2.24, 2.45) is 5.92 Å². The van der Waals surface area contributed by atoms with Crippen molar-refractivity contribution in [3.8, 4) is 0 Å². The van der Waals surface area contributed by atoms with Crippen LogP contribution < -0.4 is 16.2 Å². The Morgan fingerprint density at radius 3 is 2.52 bits per heavy atom. The number of urea groups is 1. The molecule has 0 unspecified atom stereocenters. The number of hydrogen-bond acceptors (Lipinski definition) is 2. The average molecular weight is 330 g/mol. The SMILES string of the molecule is O=C(NNC(=O)[C@@H]1C[C@H]1c1ccccc1)Nc1cccc(Cl)c1. The minimum atomic E-state index is -0.516. The van der Waals surface area contributed by atoms with Gasteiger partial charge in [-0.3, -0.25) is 10.2 Å². The lowest BCUT2D eigenvalue weighted by Gasteiger charge is -2.09. The number of anilines is 1. The van der Waals surface area contributed by atoms with Gasteiger partial charge in [0, 0.05) is 16.6 Å². The molecule has 1 fully saturated rings. The molecule has 0 spiro atoms. The molecule has 0 heterocycles. The van der Waals surface area contributed by atoms with Crippen LogP contribution in [-0.2, 0) is 4.79 Å². The average Bonchev–Trinajstić information content (AvgIpc) is 3.34.